The van der Waals surface area contributed by atoms with Crippen molar-refractivity contribution in [1.82, 2.24) is 10.2 Å². The number of halogens is 3. The molecule has 0 radical (unpaired) electrons. The van der Waals surface area contributed by atoms with E-state index in [0.29, 0.717) is 28.8 Å². The Labute approximate surface area is 230 Å². The predicted octanol–water partition coefficient (Wildman–Crippen LogP) is 6.55. The summed E-state index contributed by atoms with van der Waals surface area (Å²) in [6, 6.07) is 21.3. The smallest absolute Gasteiger partial charge is 0.261 e. The Bertz CT molecular complexity index is 1160. The molecule has 0 aliphatic carbocycles. The van der Waals surface area contributed by atoms with Gasteiger partial charge in [0.1, 0.15) is 11.8 Å². The fourth-order valence-corrected chi connectivity index (χ4v) is 4.16. The molecule has 0 heterocycles. The van der Waals surface area contributed by atoms with Crippen LogP contribution in [0.5, 0.6) is 5.75 Å². The van der Waals surface area contributed by atoms with Crippen molar-refractivity contribution in [2.24, 2.45) is 5.92 Å². The van der Waals surface area contributed by atoms with Crippen molar-refractivity contribution >= 4 is 50.9 Å². The topological polar surface area (TPSA) is 58.6 Å². The van der Waals surface area contributed by atoms with Gasteiger partial charge in [-0.2, -0.15) is 0 Å². The first kappa shape index (κ1) is 28.0. The number of benzene rings is 3. The van der Waals surface area contributed by atoms with Gasteiger partial charge in [0.05, 0.1) is 10.0 Å². The van der Waals surface area contributed by atoms with E-state index >= 15 is 0 Å². The summed E-state index contributed by atoms with van der Waals surface area (Å²) in [5.41, 5.74) is 1.71. The highest BCUT2D eigenvalue weighted by molar-refractivity contribution is 9.10. The summed E-state index contributed by atoms with van der Waals surface area (Å²) >= 11 is 15.7. The Hall–Kier alpha value is -2.54. The number of nitrogens with zero attached hydrogens (tertiary/aromatic N) is 1. The van der Waals surface area contributed by atoms with Crippen LogP contribution >= 0.6 is 39.1 Å². The minimum Gasteiger partial charge on any atom is -0.484 e. The number of carbonyl (C=O) groups excluding carboxylic acids is 2. The third kappa shape index (κ3) is 8.54. The van der Waals surface area contributed by atoms with Gasteiger partial charge in [0.15, 0.2) is 6.61 Å². The lowest BCUT2D eigenvalue weighted by atomic mass is 10.0. The third-order valence-electron chi connectivity index (χ3n) is 5.47. The number of nitrogens with one attached hydrogen (secondary N) is 1. The molecule has 0 fully saturated rings. The van der Waals surface area contributed by atoms with Gasteiger partial charge in [-0.05, 0) is 53.4 Å². The van der Waals surface area contributed by atoms with Gasteiger partial charge in [-0.3, -0.25) is 9.59 Å². The first-order valence-electron chi connectivity index (χ1n) is 11.7. The fraction of sp³-hybridized carbons (Fsp3) is 0.286. The Morgan fingerprint density at radius 2 is 1.64 bits per heavy atom. The van der Waals surface area contributed by atoms with Gasteiger partial charge in [-0.25, -0.2) is 0 Å². The average Bonchev–Trinajstić information content (AvgIpc) is 2.86. The summed E-state index contributed by atoms with van der Waals surface area (Å²) < 4.78 is 6.68. The zero-order chi connectivity index (χ0) is 26.1. The molecule has 5 nitrogen and oxygen atoms in total. The quantitative estimate of drug-likeness (QED) is 0.275. The maximum atomic E-state index is 13.6. The van der Waals surface area contributed by atoms with Crippen LogP contribution in [0.15, 0.2) is 77.3 Å². The lowest BCUT2D eigenvalue weighted by Gasteiger charge is -2.31. The van der Waals surface area contributed by atoms with Crippen LogP contribution in [0.2, 0.25) is 10.0 Å². The van der Waals surface area contributed by atoms with E-state index in [0.717, 1.165) is 15.6 Å². The summed E-state index contributed by atoms with van der Waals surface area (Å²) in [6.45, 7) is 4.51. The molecule has 190 valence electrons. The molecule has 0 aliphatic rings. The zero-order valence-electron chi connectivity index (χ0n) is 20.2. The van der Waals surface area contributed by atoms with Gasteiger partial charge in [-0.1, -0.05) is 89.4 Å². The number of hydrogen-bond donors (Lipinski definition) is 1. The first-order chi connectivity index (χ1) is 17.2. The molecule has 3 aromatic carbocycles. The van der Waals surface area contributed by atoms with E-state index in [9.17, 15) is 9.59 Å². The highest BCUT2D eigenvalue weighted by Crippen LogP contribution is 2.24. The van der Waals surface area contributed by atoms with Gasteiger partial charge in [-0.15, -0.1) is 0 Å². The van der Waals surface area contributed by atoms with Crippen molar-refractivity contribution in [3.8, 4) is 5.75 Å². The molecule has 3 rings (SSSR count). The van der Waals surface area contributed by atoms with Gasteiger partial charge in [0.25, 0.3) is 5.91 Å². The first-order valence-corrected chi connectivity index (χ1v) is 13.2. The Morgan fingerprint density at radius 1 is 0.944 bits per heavy atom. The molecule has 0 spiro atoms. The maximum absolute atomic E-state index is 13.6. The van der Waals surface area contributed by atoms with Gasteiger partial charge in [0, 0.05) is 24.0 Å². The molecule has 2 amide bonds. The van der Waals surface area contributed by atoms with Crippen molar-refractivity contribution in [2.45, 2.75) is 32.9 Å². The summed E-state index contributed by atoms with van der Waals surface area (Å²) in [4.78, 5) is 28.5. The maximum Gasteiger partial charge on any atom is 0.261 e. The van der Waals surface area contributed by atoms with Gasteiger partial charge in [0.2, 0.25) is 5.91 Å². The van der Waals surface area contributed by atoms with Crippen LogP contribution in [0.1, 0.15) is 25.0 Å². The van der Waals surface area contributed by atoms with Crippen molar-refractivity contribution in [3.63, 3.8) is 0 Å². The van der Waals surface area contributed by atoms with Gasteiger partial charge >= 0.3 is 0 Å². The van der Waals surface area contributed by atoms with Crippen LogP contribution in [0.4, 0.5) is 0 Å². The van der Waals surface area contributed by atoms with Crippen LogP contribution < -0.4 is 10.1 Å². The molecule has 0 bridgehead atoms. The van der Waals surface area contributed by atoms with E-state index in [1.54, 1.807) is 35.2 Å². The highest BCUT2D eigenvalue weighted by atomic mass is 79.9. The van der Waals surface area contributed by atoms with Crippen molar-refractivity contribution in [2.75, 3.05) is 13.2 Å². The van der Waals surface area contributed by atoms with E-state index in [1.807, 2.05) is 56.3 Å². The minimum absolute atomic E-state index is 0.173. The molecule has 8 heteroatoms. The predicted molar refractivity (Wildman–Crippen MR) is 148 cm³/mol. The summed E-state index contributed by atoms with van der Waals surface area (Å²) in [7, 11) is 0. The van der Waals surface area contributed by atoms with Crippen LogP contribution in [0, 0.1) is 5.92 Å². The second kappa shape index (κ2) is 13.7. The second-order valence-corrected chi connectivity index (χ2v) is 10.6. The molecule has 0 saturated heterocycles. The summed E-state index contributed by atoms with van der Waals surface area (Å²) in [5, 5.41) is 3.81. The number of hydrogen-bond acceptors (Lipinski definition) is 3. The molecule has 0 unspecified atom stereocenters. The summed E-state index contributed by atoms with van der Waals surface area (Å²) in [6.07, 6.45) is 0.357. The molecule has 36 heavy (non-hydrogen) atoms. The van der Waals surface area contributed by atoms with Crippen LogP contribution in [-0.2, 0) is 22.6 Å². The number of rotatable bonds is 11. The van der Waals surface area contributed by atoms with Crippen LogP contribution in [-0.4, -0.2) is 35.9 Å². The zero-order valence-corrected chi connectivity index (χ0v) is 23.3. The third-order valence-corrected chi connectivity index (χ3v) is 6.74. The fourth-order valence-electron chi connectivity index (χ4n) is 3.57. The molecule has 0 aliphatic heterocycles. The summed E-state index contributed by atoms with van der Waals surface area (Å²) in [5.74, 6) is 0.297. The molecule has 3 aromatic rings. The largest absolute Gasteiger partial charge is 0.484 e. The van der Waals surface area contributed by atoms with Crippen molar-refractivity contribution in [3.05, 3.63) is 98.4 Å². The SMILES string of the molecule is CC(C)CNC(=O)[C@H](Cc1ccccc1)N(Cc1ccc(Cl)c(Cl)c1)C(=O)COc1ccc(Br)cc1. The van der Waals surface area contributed by atoms with E-state index in [-0.39, 0.29) is 30.9 Å². The normalized spacial score (nSPS) is 11.7. The lowest BCUT2D eigenvalue weighted by Crippen LogP contribution is -2.52. The molecule has 1 atom stereocenters. The monoisotopic (exact) mass is 590 g/mol. The van der Waals surface area contributed by atoms with Crippen LogP contribution in [0.25, 0.3) is 0 Å². The number of carbonyl (C=O) groups is 2. The van der Waals surface area contributed by atoms with E-state index in [1.165, 1.54) is 0 Å². The second-order valence-electron chi connectivity index (χ2n) is 8.86. The molecular weight excluding hydrogens is 563 g/mol. The van der Waals surface area contributed by atoms with Crippen molar-refractivity contribution in [1.29, 1.82) is 0 Å². The van der Waals surface area contributed by atoms with E-state index in [2.05, 4.69) is 21.2 Å². The van der Waals surface area contributed by atoms with Crippen molar-refractivity contribution < 1.29 is 14.3 Å². The molecule has 0 aromatic heterocycles. The van der Waals surface area contributed by atoms with Crippen LogP contribution in [0.3, 0.4) is 0 Å². The molecule has 0 saturated carbocycles. The van der Waals surface area contributed by atoms with E-state index < -0.39 is 6.04 Å². The van der Waals surface area contributed by atoms with Gasteiger partial charge < -0.3 is 15.0 Å². The number of ether oxygens (including phenoxy) is 1. The lowest BCUT2D eigenvalue weighted by molar-refractivity contribution is -0.142. The molecule has 1 N–H and O–H groups in total. The standard InChI is InChI=1S/C28H29BrCl2N2O3/c1-19(2)16-32-28(35)26(15-20-6-4-3-5-7-20)33(17-21-8-13-24(30)25(31)14-21)27(34)18-36-23-11-9-22(29)10-12-23/h3-14,19,26H,15-18H2,1-2H3,(H,32,35)/t26-/m0/s1. The average molecular weight is 592 g/mol. The highest BCUT2D eigenvalue weighted by Gasteiger charge is 2.31. The Kier molecular flexibility index (Phi) is 10.7. The molecular formula is C28H29BrCl2N2O3. The Morgan fingerprint density at radius 3 is 2.28 bits per heavy atom. The Balaban J connectivity index is 1.91. The minimum atomic E-state index is -0.748. The van der Waals surface area contributed by atoms with E-state index in [4.69, 9.17) is 27.9 Å². The number of amides is 2.